The Morgan fingerprint density at radius 1 is 1.54 bits per heavy atom. The lowest BCUT2D eigenvalue weighted by atomic mass is 10.4. The van der Waals surface area contributed by atoms with Crippen LogP contribution in [0, 0.1) is 5.92 Å². The van der Waals surface area contributed by atoms with E-state index < -0.39 is 5.69 Å². The molecule has 0 bridgehead atoms. The zero-order valence-electron chi connectivity index (χ0n) is 7.12. The Hall–Kier alpha value is -1.52. The molecule has 70 valence electrons. The minimum Gasteiger partial charge on any atom is -0.385 e. The van der Waals surface area contributed by atoms with Crippen molar-refractivity contribution >= 4 is 5.82 Å². The van der Waals surface area contributed by atoms with Crippen LogP contribution in [0.4, 0.5) is 5.82 Å². The molecule has 0 saturated heterocycles. The molecule has 1 aliphatic rings. The van der Waals surface area contributed by atoms with E-state index in [2.05, 4.69) is 4.98 Å². The largest absolute Gasteiger partial charge is 0.385 e. The van der Waals surface area contributed by atoms with E-state index in [0.29, 0.717) is 12.5 Å². The second kappa shape index (κ2) is 2.76. The maximum atomic E-state index is 11.3. The van der Waals surface area contributed by atoms with E-state index in [0.717, 1.165) is 12.8 Å². The molecule has 0 radical (unpaired) electrons. The molecule has 1 aromatic rings. The van der Waals surface area contributed by atoms with E-state index in [1.165, 1.54) is 10.6 Å². The number of hydrogen-bond donors (Lipinski definition) is 2. The predicted octanol–water partition coefficient (Wildman–Crippen LogP) is -0.471. The third-order valence-electron chi connectivity index (χ3n) is 2.18. The number of nitrogens with one attached hydrogen (secondary N) is 1. The summed E-state index contributed by atoms with van der Waals surface area (Å²) in [7, 11) is 0. The number of anilines is 1. The molecule has 0 amide bonds. The second-order valence-electron chi connectivity index (χ2n) is 3.42. The summed E-state index contributed by atoms with van der Waals surface area (Å²) in [6.07, 6.45) is 2.21. The number of rotatable bonds is 2. The molecule has 0 spiro atoms. The number of aromatic nitrogens is 2. The van der Waals surface area contributed by atoms with E-state index in [1.54, 1.807) is 0 Å². The molecule has 5 heteroatoms. The Morgan fingerprint density at radius 3 is 2.77 bits per heavy atom. The van der Waals surface area contributed by atoms with Crippen molar-refractivity contribution in [3.05, 3.63) is 26.9 Å². The van der Waals surface area contributed by atoms with E-state index in [4.69, 9.17) is 5.73 Å². The Kier molecular flexibility index (Phi) is 1.72. The maximum absolute atomic E-state index is 11.3. The molecule has 1 aromatic heterocycles. The van der Waals surface area contributed by atoms with Gasteiger partial charge >= 0.3 is 5.69 Å². The molecule has 0 unspecified atom stereocenters. The third kappa shape index (κ3) is 1.63. The maximum Gasteiger partial charge on any atom is 0.329 e. The zero-order chi connectivity index (χ0) is 9.42. The van der Waals surface area contributed by atoms with Gasteiger partial charge in [-0.3, -0.25) is 14.3 Å². The van der Waals surface area contributed by atoms with Gasteiger partial charge in [0.15, 0.2) is 0 Å². The fourth-order valence-electron chi connectivity index (χ4n) is 1.27. The number of nitrogens with two attached hydrogens (primary N) is 1. The van der Waals surface area contributed by atoms with Crippen molar-refractivity contribution in [2.75, 3.05) is 5.73 Å². The minimum absolute atomic E-state index is 0.127. The highest BCUT2D eigenvalue weighted by molar-refractivity contribution is 5.23. The van der Waals surface area contributed by atoms with Crippen LogP contribution in [0.25, 0.3) is 0 Å². The number of H-pyrrole nitrogens is 1. The van der Waals surface area contributed by atoms with Crippen LogP contribution in [0.1, 0.15) is 12.8 Å². The molecule has 1 fully saturated rings. The summed E-state index contributed by atoms with van der Waals surface area (Å²) in [6, 6.07) is 1.24. The Labute approximate surface area is 74.2 Å². The lowest BCUT2D eigenvalue weighted by Crippen LogP contribution is -2.35. The standard InChI is InChI=1S/C8H11N3O2/c9-6-3-7(12)11(8(13)10-6)4-5-1-2-5/h3,5H,1-2,4,9H2,(H,10,13). The summed E-state index contributed by atoms with van der Waals surface area (Å²) >= 11 is 0. The summed E-state index contributed by atoms with van der Waals surface area (Å²) in [5, 5.41) is 0. The first kappa shape index (κ1) is 8.10. The van der Waals surface area contributed by atoms with Crippen molar-refractivity contribution in [3.8, 4) is 0 Å². The van der Waals surface area contributed by atoms with Gasteiger partial charge in [0.2, 0.25) is 0 Å². The number of aromatic amines is 1. The molecule has 0 aromatic carbocycles. The van der Waals surface area contributed by atoms with Crippen molar-refractivity contribution in [1.82, 2.24) is 9.55 Å². The SMILES string of the molecule is Nc1cc(=O)n(CC2CC2)c(=O)[nH]1. The summed E-state index contributed by atoms with van der Waals surface area (Å²) in [5.41, 5.74) is 4.59. The number of hydrogen-bond acceptors (Lipinski definition) is 3. The first-order valence-corrected chi connectivity index (χ1v) is 4.26. The average Bonchev–Trinajstić information content (AvgIpc) is 2.79. The van der Waals surface area contributed by atoms with Gasteiger partial charge in [-0.05, 0) is 18.8 Å². The van der Waals surface area contributed by atoms with Gasteiger partial charge < -0.3 is 5.73 Å². The van der Waals surface area contributed by atoms with Crippen LogP contribution < -0.4 is 17.0 Å². The van der Waals surface area contributed by atoms with Crippen LogP contribution in [-0.4, -0.2) is 9.55 Å². The second-order valence-corrected chi connectivity index (χ2v) is 3.42. The minimum atomic E-state index is -0.406. The van der Waals surface area contributed by atoms with Crippen LogP contribution in [0.5, 0.6) is 0 Å². The molecule has 0 atom stereocenters. The average molecular weight is 181 g/mol. The highest BCUT2D eigenvalue weighted by atomic mass is 16.2. The van der Waals surface area contributed by atoms with E-state index in [-0.39, 0.29) is 11.4 Å². The Balaban J connectivity index is 2.43. The first-order valence-electron chi connectivity index (χ1n) is 4.26. The van der Waals surface area contributed by atoms with Gasteiger partial charge in [-0.15, -0.1) is 0 Å². The highest BCUT2D eigenvalue weighted by Gasteiger charge is 2.22. The summed E-state index contributed by atoms with van der Waals surface area (Å²) in [5.74, 6) is 0.629. The molecule has 3 N–H and O–H groups in total. The highest BCUT2D eigenvalue weighted by Crippen LogP contribution is 2.29. The van der Waals surface area contributed by atoms with Gasteiger partial charge in [0.05, 0.1) is 0 Å². The first-order chi connectivity index (χ1) is 6.16. The van der Waals surface area contributed by atoms with Gasteiger partial charge in [-0.25, -0.2) is 4.79 Å². The monoisotopic (exact) mass is 181 g/mol. The fraction of sp³-hybridized carbons (Fsp3) is 0.500. The molecule has 2 rings (SSSR count). The summed E-state index contributed by atoms with van der Waals surface area (Å²) in [4.78, 5) is 24.9. The van der Waals surface area contributed by atoms with E-state index >= 15 is 0 Å². The van der Waals surface area contributed by atoms with Gasteiger partial charge in [0.1, 0.15) is 5.82 Å². The summed E-state index contributed by atoms with van der Waals surface area (Å²) < 4.78 is 1.20. The normalized spacial score (nSPS) is 16.0. The molecule has 1 aliphatic carbocycles. The lowest BCUT2D eigenvalue weighted by molar-refractivity contribution is 0.576. The topological polar surface area (TPSA) is 80.9 Å². The molecule has 1 saturated carbocycles. The van der Waals surface area contributed by atoms with Crippen LogP contribution in [0.15, 0.2) is 15.7 Å². The van der Waals surface area contributed by atoms with Crippen molar-refractivity contribution in [2.45, 2.75) is 19.4 Å². The van der Waals surface area contributed by atoms with Crippen LogP contribution in [-0.2, 0) is 6.54 Å². The number of nitrogens with zero attached hydrogens (tertiary/aromatic N) is 1. The van der Waals surface area contributed by atoms with E-state index in [9.17, 15) is 9.59 Å². The van der Waals surface area contributed by atoms with Crippen molar-refractivity contribution < 1.29 is 0 Å². The van der Waals surface area contributed by atoms with Gasteiger partial charge in [0, 0.05) is 12.6 Å². The lowest BCUT2D eigenvalue weighted by Gasteiger charge is -2.02. The molecular formula is C8H11N3O2. The van der Waals surface area contributed by atoms with Crippen molar-refractivity contribution in [2.24, 2.45) is 5.92 Å². The summed E-state index contributed by atoms with van der Waals surface area (Å²) in [6.45, 7) is 0.522. The van der Waals surface area contributed by atoms with Crippen LogP contribution >= 0.6 is 0 Å². The van der Waals surface area contributed by atoms with Crippen molar-refractivity contribution in [3.63, 3.8) is 0 Å². The zero-order valence-corrected chi connectivity index (χ0v) is 7.12. The van der Waals surface area contributed by atoms with E-state index in [1.807, 2.05) is 0 Å². The Bertz CT molecular complexity index is 397. The van der Waals surface area contributed by atoms with Gasteiger partial charge in [-0.2, -0.15) is 0 Å². The molecule has 5 nitrogen and oxygen atoms in total. The van der Waals surface area contributed by atoms with Crippen LogP contribution in [0.2, 0.25) is 0 Å². The van der Waals surface area contributed by atoms with Crippen LogP contribution in [0.3, 0.4) is 0 Å². The Morgan fingerprint density at radius 2 is 2.23 bits per heavy atom. The molecular weight excluding hydrogens is 170 g/mol. The predicted molar refractivity (Wildman–Crippen MR) is 48.5 cm³/mol. The fourth-order valence-corrected chi connectivity index (χ4v) is 1.27. The molecule has 1 heterocycles. The molecule has 13 heavy (non-hydrogen) atoms. The third-order valence-corrected chi connectivity index (χ3v) is 2.18. The van der Waals surface area contributed by atoms with Gasteiger partial charge in [0.25, 0.3) is 5.56 Å². The smallest absolute Gasteiger partial charge is 0.329 e. The quantitative estimate of drug-likeness (QED) is 0.647. The van der Waals surface area contributed by atoms with Gasteiger partial charge in [-0.1, -0.05) is 0 Å². The molecule has 0 aliphatic heterocycles. The number of nitrogen functional groups attached to an aromatic ring is 1. The van der Waals surface area contributed by atoms with Crippen molar-refractivity contribution in [1.29, 1.82) is 0 Å².